The molecule has 5 N–H and O–H groups in total. The fourth-order valence-electron chi connectivity index (χ4n) is 1.01. The van der Waals surface area contributed by atoms with Gasteiger partial charge >= 0.3 is 5.97 Å². The normalized spacial score (nSPS) is 11.8. The van der Waals surface area contributed by atoms with Gasteiger partial charge in [-0.2, -0.15) is 0 Å². The van der Waals surface area contributed by atoms with E-state index < -0.39 is 18.0 Å². The van der Waals surface area contributed by atoms with Crippen molar-refractivity contribution in [1.82, 2.24) is 5.32 Å². The van der Waals surface area contributed by atoms with Crippen LogP contribution in [-0.2, 0) is 4.79 Å². The molecule has 0 unspecified atom stereocenters. The van der Waals surface area contributed by atoms with Gasteiger partial charge in [-0.15, -0.1) is 0 Å². The van der Waals surface area contributed by atoms with Crippen molar-refractivity contribution in [2.75, 3.05) is 12.3 Å². The second-order valence-electron chi connectivity index (χ2n) is 3.19. The van der Waals surface area contributed by atoms with Crippen LogP contribution in [-0.4, -0.2) is 34.7 Å². The largest absolute Gasteiger partial charge is 0.479 e. The lowest BCUT2D eigenvalue weighted by molar-refractivity contribution is -0.146. The molecular weight excluding hydrogens is 212 g/mol. The maximum Gasteiger partial charge on any atom is 0.334 e. The van der Waals surface area contributed by atoms with Crippen LogP contribution in [0.25, 0.3) is 0 Å². The molecule has 0 aromatic heterocycles. The molecule has 0 aliphatic heterocycles. The number of nitrogens with one attached hydrogen (secondary N) is 1. The summed E-state index contributed by atoms with van der Waals surface area (Å²) in [5.74, 6) is -1.84. The zero-order chi connectivity index (χ0) is 12.1. The molecule has 0 heterocycles. The average Bonchev–Trinajstić information content (AvgIpc) is 2.26. The predicted molar refractivity (Wildman–Crippen MR) is 56.8 cm³/mol. The van der Waals surface area contributed by atoms with Gasteiger partial charge in [0.1, 0.15) is 0 Å². The summed E-state index contributed by atoms with van der Waals surface area (Å²) in [6.45, 7) is -0.335. The Labute approximate surface area is 91.7 Å². The Morgan fingerprint density at radius 3 is 2.38 bits per heavy atom. The number of rotatable bonds is 4. The highest BCUT2D eigenvalue weighted by atomic mass is 16.4. The smallest absolute Gasteiger partial charge is 0.334 e. The van der Waals surface area contributed by atoms with Crippen molar-refractivity contribution in [1.29, 1.82) is 0 Å². The topological polar surface area (TPSA) is 113 Å². The van der Waals surface area contributed by atoms with Crippen molar-refractivity contribution < 1.29 is 19.8 Å². The monoisotopic (exact) mass is 224 g/mol. The third-order valence-electron chi connectivity index (χ3n) is 1.91. The number of nitrogens with two attached hydrogens (primary N) is 1. The van der Waals surface area contributed by atoms with Crippen LogP contribution in [0.15, 0.2) is 24.3 Å². The molecule has 0 saturated heterocycles. The van der Waals surface area contributed by atoms with E-state index in [2.05, 4.69) is 5.32 Å². The van der Waals surface area contributed by atoms with E-state index >= 15 is 0 Å². The lowest BCUT2D eigenvalue weighted by atomic mass is 10.2. The first-order chi connectivity index (χ1) is 7.50. The van der Waals surface area contributed by atoms with Crippen molar-refractivity contribution in [3.8, 4) is 0 Å². The number of carboxylic acid groups (broad SMARTS) is 1. The van der Waals surface area contributed by atoms with E-state index in [1.165, 1.54) is 12.1 Å². The number of aliphatic carboxylic acids is 1. The quantitative estimate of drug-likeness (QED) is 0.512. The summed E-state index contributed by atoms with van der Waals surface area (Å²) in [6.07, 6.45) is -1.60. The molecule has 0 aliphatic carbocycles. The molecule has 1 amide bonds. The number of aliphatic hydroxyl groups is 1. The van der Waals surface area contributed by atoms with E-state index in [0.717, 1.165) is 0 Å². The summed E-state index contributed by atoms with van der Waals surface area (Å²) >= 11 is 0. The van der Waals surface area contributed by atoms with Crippen molar-refractivity contribution in [3.05, 3.63) is 29.8 Å². The lowest BCUT2D eigenvalue weighted by Crippen LogP contribution is -2.36. The summed E-state index contributed by atoms with van der Waals surface area (Å²) in [6, 6.07) is 6.14. The van der Waals surface area contributed by atoms with Gasteiger partial charge in [-0.25, -0.2) is 4.79 Å². The van der Waals surface area contributed by atoms with Crippen molar-refractivity contribution in [2.24, 2.45) is 0 Å². The first-order valence-electron chi connectivity index (χ1n) is 4.55. The van der Waals surface area contributed by atoms with Gasteiger partial charge in [-0.3, -0.25) is 4.79 Å². The van der Waals surface area contributed by atoms with Crippen molar-refractivity contribution >= 4 is 17.6 Å². The number of carbonyl (C=O) groups is 2. The fourth-order valence-corrected chi connectivity index (χ4v) is 1.01. The zero-order valence-corrected chi connectivity index (χ0v) is 8.38. The maximum absolute atomic E-state index is 11.4. The van der Waals surface area contributed by atoms with Crippen molar-refractivity contribution in [2.45, 2.75) is 6.10 Å². The first-order valence-corrected chi connectivity index (χ1v) is 4.55. The second kappa shape index (κ2) is 5.13. The van der Waals surface area contributed by atoms with Crippen molar-refractivity contribution in [3.63, 3.8) is 0 Å². The number of nitrogen functional groups attached to an aromatic ring is 1. The second-order valence-corrected chi connectivity index (χ2v) is 3.19. The highest BCUT2D eigenvalue weighted by molar-refractivity contribution is 5.94. The first kappa shape index (κ1) is 12.0. The molecule has 0 bridgehead atoms. The van der Waals surface area contributed by atoms with E-state index in [9.17, 15) is 9.59 Å². The molecule has 6 nitrogen and oxygen atoms in total. The number of carboxylic acids is 1. The molecule has 1 aromatic carbocycles. The summed E-state index contributed by atoms with van der Waals surface area (Å²) in [5.41, 5.74) is 6.32. The number of amides is 1. The molecule has 1 aromatic rings. The molecule has 0 saturated carbocycles. The number of hydrogen-bond acceptors (Lipinski definition) is 4. The van der Waals surface area contributed by atoms with Crippen LogP contribution in [0.1, 0.15) is 10.4 Å². The molecule has 0 spiro atoms. The summed E-state index contributed by atoms with van der Waals surface area (Å²) in [7, 11) is 0. The van der Waals surface area contributed by atoms with Crippen LogP contribution in [0, 0.1) is 0 Å². The van der Waals surface area contributed by atoms with E-state index in [1.807, 2.05) is 0 Å². The van der Waals surface area contributed by atoms with E-state index in [-0.39, 0.29) is 6.54 Å². The molecule has 86 valence electrons. The summed E-state index contributed by atoms with van der Waals surface area (Å²) in [4.78, 5) is 21.7. The maximum atomic E-state index is 11.4. The van der Waals surface area contributed by atoms with Crippen LogP contribution in [0.4, 0.5) is 5.69 Å². The molecule has 1 rings (SSSR count). The molecule has 16 heavy (non-hydrogen) atoms. The van der Waals surface area contributed by atoms with Crippen LogP contribution in [0.5, 0.6) is 0 Å². The highest BCUT2D eigenvalue weighted by Crippen LogP contribution is 2.04. The number of benzene rings is 1. The molecule has 6 heteroatoms. The van der Waals surface area contributed by atoms with Gasteiger partial charge < -0.3 is 21.3 Å². The summed E-state index contributed by atoms with van der Waals surface area (Å²) in [5, 5.41) is 19.6. The average molecular weight is 224 g/mol. The van der Waals surface area contributed by atoms with Gasteiger partial charge in [0, 0.05) is 11.3 Å². The Bertz CT molecular complexity index is 388. The van der Waals surface area contributed by atoms with E-state index in [1.54, 1.807) is 12.1 Å². The van der Waals surface area contributed by atoms with Gasteiger partial charge in [-0.1, -0.05) is 0 Å². The Balaban J connectivity index is 2.53. The molecule has 1 atom stereocenters. The zero-order valence-electron chi connectivity index (χ0n) is 8.38. The number of anilines is 1. The van der Waals surface area contributed by atoms with E-state index in [4.69, 9.17) is 15.9 Å². The number of aliphatic hydroxyl groups excluding tert-OH is 1. The fraction of sp³-hybridized carbons (Fsp3) is 0.200. The molecule has 0 radical (unpaired) electrons. The lowest BCUT2D eigenvalue weighted by Gasteiger charge is -2.07. The van der Waals surface area contributed by atoms with Gasteiger partial charge in [-0.05, 0) is 24.3 Å². The minimum atomic E-state index is -1.60. The Hall–Kier alpha value is -2.08. The molecule has 0 aliphatic rings. The van der Waals surface area contributed by atoms with Gasteiger partial charge in [0.2, 0.25) is 0 Å². The third-order valence-corrected chi connectivity index (χ3v) is 1.91. The Morgan fingerprint density at radius 2 is 1.88 bits per heavy atom. The molecule has 0 fully saturated rings. The van der Waals surface area contributed by atoms with Crippen LogP contribution >= 0.6 is 0 Å². The van der Waals surface area contributed by atoms with E-state index in [0.29, 0.717) is 11.3 Å². The predicted octanol–water partition coefficient (Wildman–Crippen LogP) is -0.556. The molecular formula is C10H12N2O4. The minimum absolute atomic E-state index is 0.335. The SMILES string of the molecule is Nc1ccc(C(=O)NC[C@H](O)C(=O)O)cc1. The number of hydrogen-bond donors (Lipinski definition) is 4. The van der Waals surface area contributed by atoms with Gasteiger partial charge in [0.15, 0.2) is 6.10 Å². The van der Waals surface area contributed by atoms with Crippen LogP contribution < -0.4 is 11.1 Å². The Morgan fingerprint density at radius 1 is 1.31 bits per heavy atom. The van der Waals surface area contributed by atoms with Crippen LogP contribution in [0.2, 0.25) is 0 Å². The van der Waals surface area contributed by atoms with Crippen LogP contribution in [0.3, 0.4) is 0 Å². The third kappa shape index (κ3) is 3.25. The van der Waals surface area contributed by atoms with Gasteiger partial charge in [0.05, 0.1) is 6.54 Å². The minimum Gasteiger partial charge on any atom is -0.479 e. The summed E-state index contributed by atoms with van der Waals surface area (Å²) < 4.78 is 0. The standard InChI is InChI=1S/C10H12N2O4/c11-7-3-1-6(2-4-7)9(14)12-5-8(13)10(15)16/h1-4,8,13H,5,11H2,(H,12,14)(H,15,16)/t8-/m0/s1. The Kier molecular flexibility index (Phi) is 3.84. The number of carbonyl (C=O) groups excluding carboxylic acids is 1. The van der Waals surface area contributed by atoms with Gasteiger partial charge in [0.25, 0.3) is 5.91 Å². The highest BCUT2D eigenvalue weighted by Gasteiger charge is 2.14.